The van der Waals surface area contributed by atoms with Gasteiger partial charge in [0, 0.05) is 36.5 Å². The number of halogens is 4. The van der Waals surface area contributed by atoms with E-state index in [4.69, 9.17) is 23.2 Å². The Kier molecular flexibility index (Phi) is 8.39. The van der Waals surface area contributed by atoms with Crippen LogP contribution in [0.5, 0.6) is 0 Å². The van der Waals surface area contributed by atoms with Crippen molar-refractivity contribution in [2.24, 2.45) is 5.92 Å². The highest BCUT2D eigenvalue weighted by atomic mass is 35.5. The Morgan fingerprint density at radius 3 is 2.20 bits per heavy atom. The van der Waals surface area contributed by atoms with Crippen LogP contribution >= 0.6 is 23.2 Å². The van der Waals surface area contributed by atoms with Crippen LogP contribution in [0.1, 0.15) is 83.8 Å². The van der Waals surface area contributed by atoms with Gasteiger partial charge in [0.1, 0.15) is 11.6 Å². The molecule has 0 aliphatic heterocycles. The number of aromatic nitrogens is 3. The lowest BCUT2D eigenvalue weighted by Gasteiger charge is -2.29. The van der Waals surface area contributed by atoms with Crippen molar-refractivity contribution in [2.45, 2.75) is 63.1 Å². The molecule has 5 rings (SSSR count). The maximum atomic E-state index is 14.1. The standard InChI is InChI=1S/C28H28Cl2F2N4O4/c29-22-11-33-12-23(30)25(22)24(37)14-35(13-15-7-18(31)9-19(32)8-15)27(38)21-10-34-36(26(21)16-1-2-16)20-5-3-17(4-6-20)28(39)40/h7-12,16-17,20,24,37H,1-6,13-14H2,(H,39,40)/t17-,20-,24?. The molecule has 2 N–H and O–H groups in total. The molecule has 2 aliphatic carbocycles. The van der Waals surface area contributed by atoms with Crippen molar-refractivity contribution in [3.8, 4) is 0 Å². The molecule has 1 atom stereocenters. The second kappa shape index (κ2) is 11.8. The Morgan fingerprint density at radius 1 is 1.00 bits per heavy atom. The zero-order valence-electron chi connectivity index (χ0n) is 21.4. The molecule has 0 spiro atoms. The van der Waals surface area contributed by atoms with Gasteiger partial charge in [0.2, 0.25) is 0 Å². The minimum Gasteiger partial charge on any atom is -0.481 e. The van der Waals surface area contributed by atoms with Crippen molar-refractivity contribution < 1.29 is 28.6 Å². The molecular weight excluding hydrogens is 565 g/mol. The molecule has 12 heteroatoms. The van der Waals surface area contributed by atoms with E-state index in [9.17, 15) is 28.6 Å². The van der Waals surface area contributed by atoms with Crippen LogP contribution in [-0.2, 0) is 11.3 Å². The number of nitrogens with zero attached hydrogens (tertiary/aromatic N) is 4. The fraction of sp³-hybridized carbons (Fsp3) is 0.429. The Hall–Kier alpha value is -3.08. The molecule has 1 amide bonds. The third-order valence-electron chi connectivity index (χ3n) is 7.62. The van der Waals surface area contributed by atoms with Crippen molar-refractivity contribution in [3.05, 3.63) is 80.9 Å². The molecule has 2 aromatic heterocycles. The topological polar surface area (TPSA) is 109 Å². The van der Waals surface area contributed by atoms with Crippen LogP contribution < -0.4 is 0 Å². The summed E-state index contributed by atoms with van der Waals surface area (Å²) in [6.07, 6.45) is 6.95. The number of aliphatic hydroxyl groups excluding tert-OH is 1. The number of hydrogen-bond donors (Lipinski definition) is 2. The lowest BCUT2D eigenvalue weighted by atomic mass is 9.86. The Labute approximate surface area is 239 Å². The van der Waals surface area contributed by atoms with Gasteiger partial charge in [0.05, 0.1) is 52.1 Å². The zero-order valence-corrected chi connectivity index (χ0v) is 23.0. The molecule has 212 valence electrons. The SMILES string of the molecule is O=C(c1cnn([C@H]2CC[C@H](C(=O)O)CC2)c1C1CC1)N(Cc1cc(F)cc(F)c1)CC(O)c1c(Cl)cncc1Cl. The van der Waals surface area contributed by atoms with E-state index >= 15 is 0 Å². The molecule has 2 fully saturated rings. The number of carboxylic acids is 1. The van der Waals surface area contributed by atoms with E-state index in [1.165, 1.54) is 23.5 Å². The van der Waals surface area contributed by atoms with Gasteiger partial charge in [0.25, 0.3) is 5.91 Å². The number of carboxylic acid groups (broad SMARTS) is 1. The molecule has 0 saturated heterocycles. The van der Waals surface area contributed by atoms with E-state index in [0.29, 0.717) is 31.2 Å². The van der Waals surface area contributed by atoms with Gasteiger partial charge in [0.15, 0.2) is 0 Å². The van der Waals surface area contributed by atoms with Crippen LogP contribution in [0.2, 0.25) is 10.0 Å². The summed E-state index contributed by atoms with van der Waals surface area (Å²) in [5.41, 5.74) is 1.51. The maximum Gasteiger partial charge on any atom is 0.306 e. The van der Waals surface area contributed by atoms with Crippen LogP contribution in [-0.4, -0.2) is 48.3 Å². The number of aliphatic hydroxyl groups is 1. The van der Waals surface area contributed by atoms with Gasteiger partial charge in [-0.25, -0.2) is 8.78 Å². The summed E-state index contributed by atoms with van der Waals surface area (Å²) in [6, 6.07) is 2.98. The van der Waals surface area contributed by atoms with Crippen molar-refractivity contribution in [3.63, 3.8) is 0 Å². The summed E-state index contributed by atoms with van der Waals surface area (Å²) in [5.74, 6) is -3.08. The molecule has 0 bridgehead atoms. The average Bonchev–Trinajstić information content (AvgIpc) is 3.64. The lowest BCUT2D eigenvalue weighted by molar-refractivity contribution is -0.143. The molecule has 8 nitrogen and oxygen atoms in total. The smallest absolute Gasteiger partial charge is 0.306 e. The molecule has 1 unspecified atom stereocenters. The summed E-state index contributed by atoms with van der Waals surface area (Å²) in [7, 11) is 0. The highest BCUT2D eigenvalue weighted by Crippen LogP contribution is 2.45. The Morgan fingerprint density at radius 2 is 1.62 bits per heavy atom. The summed E-state index contributed by atoms with van der Waals surface area (Å²) < 4.78 is 29.9. The number of hydrogen-bond acceptors (Lipinski definition) is 5. The zero-order chi connectivity index (χ0) is 28.6. The Bertz CT molecular complexity index is 1380. The number of rotatable bonds is 9. The van der Waals surface area contributed by atoms with E-state index in [1.54, 1.807) is 0 Å². The van der Waals surface area contributed by atoms with Gasteiger partial charge in [-0.1, -0.05) is 23.2 Å². The van der Waals surface area contributed by atoms with Gasteiger partial charge in [-0.05, 0) is 56.2 Å². The monoisotopic (exact) mass is 592 g/mol. The predicted molar refractivity (Wildman–Crippen MR) is 143 cm³/mol. The molecule has 1 aromatic carbocycles. The first-order valence-electron chi connectivity index (χ1n) is 13.1. The fourth-order valence-corrected chi connectivity index (χ4v) is 6.13. The van der Waals surface area contributed by atoms with Crippen molar-refractivity contribution >= 4 is 35.1 Å². The number of benzene rings is 1. The third-order valence-corrected chi connectivity index (χ3v) is 8.22. The van der Waals surface area contributed by atoms with Gasteiger partial charge >= 0.3 is 5.97 Å². The minimum absolute atomic E-state index is 0.0291. The summed E-state index contributed by atoms with van der Waals surface area (Å²) >= 11 is 12.5. The van der Waals surface area contributed by atoms with Crippen LogP contribution in [0.15, 0.2) is 36.8 Å². The van der Waals surface area contributed by atoms with Crippen molar-refractivity contribution in [1.82, 2.24) is 19.7 Å². The van der Waals surface area contributed by atoms with Crippen LogP contribution in [0.25, 0.3) is 0 Å². The van der Waals surface area contributed by atoms with Crippen molar-refractivity contribution in [2.75, 3.05) is 6.54 Å². The first-order chi connectivity index (χ1) is 19.1. The predicted octanol–water partition coefficient (Wildman–Crippen LogP) is 5.93. The number of carbonyl (C=O) groups is 2. The van der Waals surface area contributed by atoms with E-state index in [2.05, 4.69) is 10.1 Å². The van der Waals surface area contributed by atoms with Gasteiger partial charge in [-0.2, -0.15) is 5.10 Å². The average molecular weight is 593 g/mol. The minimum atomic E-state index is -1.31. The molecule has 3 aromatic rings. The van der Waals surface area contributed by atoms with Crippen LogP contribution in [0.4, 0.5) is 8.78 Å². The third kappa shape index (κ3) is 6.14. The van der Waals surface area contributed by atoms with Gasteiger partial charge in [-0.3, -0.25) is 19.3 Å². The van der Waals surface area contributed by atoms with Gasteiger partial charge < -0.3 is 15.1 Å². The summed E-state index contributed by atoms with van der Waals surface area (Å²) in [4.78, 5) is 30.7. The Balaban J connectivity index is 1.47. The normalized spacial score (nSPS) is 19.8. The van der Waals surface area contributed by atoms with E-state index in [-0.39, 0.29) is 52.1 Å². The first kappa shape index (κ1) is 28.4. The quantitative estimate of drug-likeness (QED) is 0.318. The van der Waals surface area contributed by atoms with E-state index in [1.807, 2.05) is 4.68 Å². The molecule has 2 saturated carbocycles. The molecule has 2 heterocycles. The summed E-state index contributed by atoms with van der Waals surface area (Å²) in [5, 5.41) is 25.3. The number of pyridine rings is 1. The van der Waals surface area contributed by atoms with Crippen LogP contribution in [0.3, 0.4) is 0 Å². The highest BCUT2D eigenvalue weighted by Gasteiger charge is 2.37. The second-order valence-corrected chi connectivity index (χ2v) is 11.3. The largest absolute Gasteiger partial charge is 0.481 e. The van der Waals surface area contributed by atoms with Gasteiger partial charge in [-0.15, -0.1) is 0 Å². The highest BCUT2D eigenvalue weighted by molar-refractivity contribution is 6.35. The number of amides is 1. The summed E-state index contributed by atoms with van der Waals surface area (Å²) in [6.45, 7) is -0.455. The van der Waals surface area contributed by atoms with E-state index in [0.717, 1.165) is 36.7 Å². The molecular formula is C28H28Cl2F2N4O4. The first-order valence-corrected chi connectivity index (χ1v) is 13.9. The lowest BCUT2D eigenvalue weighted by Crippen LogP contribution is -2.35. The molecule has 40 heavy (non-hydrogen) atoms. The van der Waals surface area contributed by atoms with Crippen LogP contribution in [0, 0.1) is 17.6 Å². The second-order valence-electron chi connectivity index (χ2n) is 10.5. The fourth-order valence-electron chi connectivity index (χ4n) is 5.51. The van der Waals surface area contributed by atoms with Crippen molar-refractivity contribution in [1.29, 1.82) is 0 Å². The van der Waals surface area contributed by atoms with E-state index < -0.39 is 29.6 Å². The molecule has 2 aliphatic rings. The molecule has 0 radical (unpaired) electrons. The maximum absolute atomic E-state index is 14.1. The number of carbonyl (C=O) groups excluding carboxylic acids is 1. The number of aliphatic carboxylic acids is 1.